The highest BCUT2D eigenvalue weighted by Crippen LogP contribution is 2.39. The van der Waals surface area contributed by atoms with Gasteiger partial charge in [0.15, 0.2) is 0 Å². The van der Waals surface area contributed by atoms with Crippen molar-refractivity contribution in [3.05, 3.63) is 64.2 Å². The number of hydrogen-bond donors (Lipinski definition) is 4. The van der Waals surface area contributed by atoms with E-state index in [0.717, 1.165) is 17.4 Å². The predicted octanol–water partition coefficient (Wildman–Crippen LogP) is 2.86. The first kappa shape index (κ1) is 20.6. The molecule has 6 nitrogen and oxygen atoms in total. The van der Waals surface area contributed by atoms with Crippen LogP contribution >= 0.6 is 23.6 Å². The summed E-state index contributed by atoms with van der Waals surface area (Å²) in [5, 5.41) is 23.0. The Balaban J connectivity index is 1.88. The summed E-state index contributed by atoms with van der Waals surface area (Å²) in [6.45, 7) is 0.578. The van der Waals surface area contributed by atoms with Crippen LogP contribution in [0.25, 0.3) is 10.2 Å². The van der Waals surface area contributed by atoms with Crippen LogP contribution in [-0.2, 0) is 5.60 Å². The van der Waals surface area contributed by atoms with Crippen LogP contribution in [0.5, 0.6) is 0 Å². The standard InChI is InChI=1S/C20H17F2N5OS2/c21-11-2-3-12(13(22)6-11)20(28,7-16-14(23)8-25-9-26-16)19-27-15-4-1-10(18(24)29)5-17(15)30-19/h1-6,23,25,28H,7-9H2,(H2,24,29). The van der Waals surface area contributed by atoms with Crippen LogP contribution in [0.3, 0.4) is 0 Å². The van der Waals surface area contributed by atoms with Gasteiger partial charge in [0.2, 0.25) is 0 Å². The second-order valence-electron chi connectivity index (χ2n) is 6.90. The van der Waals surface area contributed by atoms with Gasteiger partial charge in [0.05, 0.1) is 28.3 Å². The maximum Gasteiger partial charge on any atom is 0.149 e. The largest absolute Gasteiger partial charge is 0.389 e. The van der Waals surface area contributed by atoms with Gasteiger partial charge in [-0.2, -0.15) is 0 Å². The lowest BCUT2D eigenvalue weighted by Gasteiger charge is -2.29. The second-order valence-corrected chi connectivity index (χ2v) is 8.37. The van der Waals surface area contributed by atoms with E-state index in [2.05, 4.69) is 15.3 Å². The lowest BCUT2D eigenvalue weighted by atomic mass is 9.87. The molecule has 0 amide bonds. The van der Waals surface area contributed by atoms with Crippen molar-refractivity contribution < 1.29 is 13.9 Å². The molecule has 1 aliphatic rings. The molecule has 154 valence electrons. The van der Waals surface area contributed by atoms with Gasteiger partial charge < -0.3 is 16.2 Å². The molecule has 10 heteroatoms. The highest BCUT2D eigenvalue weighted by Gasteiger charge is 2.40. The number of hydrogen-bond acceptors (Lipinski definition) is 7. The maximum atomic E-state index is 14.7. The number of thiocarbonyl (C=S) groups is 1. The lowest BCUT2D eigenvalue weighted by Crippen LogP contribution is -2.40. The predicted molar refractivity (Wildman–Crippen MR) is 118 cm³/mol. The van der Waals surface area contributed by atoms with Crippen LogP contribution in [0.4, 0.5) is 8.78 Å². The Bertz CT molecular complexity index is 1210. The number of thiazole rings is 1. The summed E-state index contributed by atoms with van der Waals surface area (Å²) in [7, 11) is 0. The molecule has 2 aromatic carbocycles. The fourth-order valence-electron chi connectivity index (χ4n) is 3.30. The Labute approximate surface area is 180 Å². The van der Waals surface area contributed by atoms with E-state index in [1.165, 1.54) is 6.07 Å². The van der Waals surface area contributed by atoms with E-state index in [9.17, 15) is 13.9 Å². The Morgan fingerprint density at radius 3 is 2.80 bits per heavy atom. The highest BCUT2D eigenvalue weighted by molar-refractivity contribution is 7.80. The average molecular weight is 446 g/mol. The summed E-state index contributed by atoms with van der Waals surface area (Å²) in [4.78, 5) is 8.98. The van der Waals surface area contributed by atoms with E-state index in [1.807, 2.05) is 0 Å². The molecular formula is C20H17F2N5OS2. The lowest BCUT2D eigenvalue weighted by molar-refractivity contribution is 0.0849. The smallest absolute Gasteiger partial charge is 0.149 e. The minimum Gasteiger partial charge on any atom is -0.389 e. The van der Waals surface area contributed by atoms with Crippen molar-refractivity contribution in [1.82, 2.24) is 10.3 Å². The van der Waals surface area contributed by atoms with Crippen LogP contribution < -0.4 is 11.1 Å². The fraction of sp³-hybridized carbons (Fsp3) is 0.200. The molecular weight excluding hydrogens is 428 g/mol. The molecule has 30 heavy (non-hydrogen) atoms. The number of fused-ring (bicyclic) bond motifs is 1. The molecule has 0 saturated heterocycles. The molecule has 0 aliphatic carbocycles. The molecule has 0 radical (unpaired) electrons. The minimum absolute atomic E-state index is 0.133. The molecule has 0 bridgehead atoms. The van der Waals surface area contributed by atoms with Crippen LogP contribution in [-0.4, -0.2) is 39.7 Å². The zero-order valence-corrected chi connectivity index (χ0v) is 17.2. The van der Waals surface area contributed by atoms with Crippen LogP contribution in [0.1, 0.15) is 22.6 Å². The van der Waals surface area contributed by atoms with Crippen molar-refractivity contribution in [2.45, 2.75) is 12.0 Å². The molecule has 2 heterocycles. The molecule has 1 unspecified atom stereocenters. The second kappa shape index (κ2) is 7.88. The van der Waals surface area contributed by atoms with E-state index in [-0.39, 0.29) is 40.9 Å². The zero-order valence-electron chi connectivity index (χ0n) is 15.6. The van der Waals surface area contributed by atoms with Gasteiger partial charge in [-0.15, -0.1) is 11.3 Å². The van der Waals surface area contributed by atoms with Gasteiger partial charge in [-0.05, 0) is 30.3 Å². The quantitative estimate of drug-likeness (QED) is 0.452. The maximum absolute atomic E-state index is 14.7. The third-order valence-electron chi connectivity index (χ3n) is 4.86. The van der Waals surface area contributed by atoms with Gasteiger partial charge in [0, 0.05) is 30.2 Å². The van der Waals surface area contributed by atoms with Gasteiger partial charge >= 0.3 is 0 Å². The summed E-state index contributed by atoms with van der Waals surface area (Å²) < 4.78 is 29.0. The SMILES string of the molecule is N=C1CNCN=C1CC(O)(c1nc2ccc(C(N)=S)cc2s1)c1ccc(F)cc1F. The van der Waals surface area contributed by atoms with Crippen molar-refractivity contribution in [3.63, 3.8) is 0 Å². The van der Waals surface area contributed by atoms with Gasteiger partial charge in [-0.1, -0.05) is 12.2 Å². The molecule has 1 aliphatic heterocycles. The number of rotatable bonds is 5. The summed E-state index contributed by atoms with van der Waals surface area (Å²) >= 11 is 6.17. The Morgan fingerprint density at radius 1 is 1.30 bits per heavy atom. The summed E-state index contributed by atoms with van der Waals surface area (Å²) in [6, 6.07) is 8.19. The summed E-state index contributed by atoms with van der Waals surface area (Å²) in [6.07, 6.45) is -0.169. The van der Waals surface area contributed by atoms with Crippen molar-refractivity contribution in [2.75, 3.05) is 13.2 Å². The summed E-state index contributed by atoms with van der Waals surface area (Å²) in [5.74, 6) is -1.66. The normalized spacial score (nSPS) is 16.4. The molecule has 5 N–H and O–H groups in total. The Kier molecular flexibility index (Phi) is 5.41. The number of aliphatic hydroxyl groups is 1. The van der Waals surface area contributed by atoms with E-state index in [1.54, 1.807) is 18.2 Å². The molecule has 4 rings (SSSR count). The number of nitrogens with one attached hydrogen (secondary N) is 2. The van der Waals surface area contributed by atoms with Gasteiger partial charge in [0.25, 0.3) is 0 Å². The topological polar surface area (TPSA) is 107 Å². The van der Waals surface area contributed by atoms with Crippen LogP contribution in [0.2, 0.25) is 0 Å². The Morgan fingerprint density at radius 2 is 2.10 bits per heavy atom. The first-order valence-corrected chi connectivity index (χ1v) is 10.2. The van der Waals surface area contributed by atoms with Gasteiger partial charge in [-0.3, -0.25) is 10.3 Å². The number of aliphatic imine (C=N–C) groups is 1. The van der Waals surface area contributed by atoms with Crippen molar-refractivity contribution >= 4 is 50.2 Å². The number of nitrogens with zero attached hydrogens (tertiary/aromatic N) is 2. The Hall–Kier alpha value is -2.66. The number of nitrogens with two attached hydrogens (primary N) is 1. The van der Waals surface area contributed by atoms with Crippen LogP contribution in [0, 0.1) is 17.0 Å². The first-order chi connectivity index (χ1) is 14.3. The molecule has 0 fully saturated rings. The third kappa shape index (κ3) is 3.74. The average Bonchev–Trinajstić information content (AvgIpc) is 3.13. The van der Waals surface area contributed by atoms with E-state index in [0.29, 0.717) is 27.6 Å². The van der Waals surface area contributed by atoms with E-state index >= 15 is 0 Å². The molecule has 3 aromatic rings. The van der Waals surface area contributed by atoms with E-state index in [4.69, 9.17) is 23.4 Å². The zero-order chi connectivity index (χ0) is 21.5. The number of aromatic nitrogens is 1. The van der Waals surface area contributed by atoms with Gasteiger partial charge in [-0.25, -0.2) is 13.8 Å². The van der Waals surface area contributed by atoms with Crippen molar-refractivity contribution in [3.8, 4) is 0 Å². The first-order valence-electron chi connectivity index (χ1n) is 8.98. The van der Waals surface area contributed by atoms with Crippen molar-refractivity contribution in [1.29, 1.82) is 5.41 Å². The number of benzene rings is 2. The fourth-order valence-corrected chi connectivity index (χ4v) is 4.53. The molecule has 1 aromatic heterocycles. The third-order valence-corrected chi connectivity index (χ3v) is 6.26. The highest BCUT2D eigenvalue weighted by atomic mass is 32.1. The van der Waals surface area contributed by atoms with Crippen molar-refractivity contribution in [2.24, 2.45) is 10.7 Å². The molecule has 1 atom stereocenters. The van der Waals surface area contributed by atoms with Crippen LogP contribution in [0.15, 0.2) is 41.4 Å². The summed E-state index contributed by atoms with van der Waals surface area (Å²) in [5.41, 5.74) is 5.39. The van der Waals surface area contributed by atoms with Gasteiger partial charge in [0.1, 0.15) is 27.2 Å². The van der Waals surface area contributed by atoms with E-state index < -0.39 is 17.2 Å². The minimum atomic E-state index is -1.94. The molecule has 0 saturated carbocycles. The molecule has 0 spiro atoms. The number of halogens is 2. The monoisotopic (exact) mass is 445 g/mol.